The van der Waals surface area contributed by atoms with Crippen LogP contribution in [0.5, 0.6) is 0 Å². The molecule has 1 aromatic heterocycles. The molecule has 1 aliphatic rings. The zero-order chi connectivity index (χ0) is 22.8. The molecule has 31 heavy (non-hydrogen) atoms. The minimum atomic E-state index is -4.43. The average molecular weight is 459 g/mol. The second-order valence-corrected chi connectivity index (χ2v) is 9.46. The number of anilines is 1. The summed E-state index contributed by atoms with van der Waals surface area (Å²) in [7, 11) is -1.76. The van der Waals surface area contributed by atoms with E-state index in [-0.39, 0.29) is 13.0 Å². The van der Waals surface area contributed by atoms with E-state index in [1.807, 2.05) is 4.90 Å². The Morgan fingerprint density at radius 1 is 1.13 bits per heavy atom. The summed E-state index contributed by atoms with van der Waals surface area (Å²) in [6.07, 6.45) is -3.06. The fourth-order valence-corrected chi connectivity index (χ4v) is 4.46. The topological polar surface area (TPSA) is 75.6 Å². The van der Waals surface area contributed by atoms with Crippen LogP contribution in [0.25, 0.3) is 0 Å². The zero-order valence-corrected chi connectivity index (χ0v) is 18.4. The largest absolute Gasteiger partial charge is 0.416 e. The Kier molecular flexibility index (Phi) is 6.87. The Labute approximate surface area is 179 Å². The van der Waals surface area contributed by atoms with Crippen molar-refractivity contribution in [3.63, 3.8) is 0 Å². The fraction of sp³-hybridized carbons (Fsp3) is 0.500. The van der Waals surface area contributed by atoms with E-state index in [2.05, 4.69) is 9.97 Å². The number of methoxy groups -OCH3 is 1. The molecule has 170 valence electrons. The highest BCUT2D eigenvalue weighted by atomic mass is 32.2. The van der Waals surface area contributed by atoms with Crippen molar-refractivity contribution in [1.29, 1.82) is 0 Å². The summed E-state index contributed by atoms with van der Waals surface area (Å²) in [4.78, 5) is 11.0. The lowest BCUT2D eigenvalue weighted by Crippen LogP contribution is -2.49. The molecule has 1 fully saturated rings. The number of halogens is 3. The van der Waals surface area contributed by atoms with Crippen molar-refractivity contribution in [3.8, 4) is 0 Å². The zero-order valence-electron chi connectivity index (χ0n) is 17.6. The highest BCUT2D eigenvalue weighted by Gasteiger charge is 2.31. The summed E-state index contributed by atoms with van der Waals surface area (Å²) in [5.74, 6) is 1.12. The Morgan fingerprint density at radius 3 is 2.39 bits per heavy atom. The third-order valence-electron chi connectivity index (χ3n) is 5.11. The molecular formula is C20H25F3N4O3S. The van der Waals surface area contributed by atoms with Gasteiger partial charge in [0.2, 0.25) is 10.0 Å². The van der Waals surface area contributed by atoms with E-state index < -0.39 is 21.8 Å². The van der Waals surface area contributed by atoms with Crippen LogP contribution in [0.2, 0.25) is 0 Å². The first-order valence-corrected chi connectivity index (χ1v) is 11.6. The molecule has 0 bridgehead atoms. The standard InChI is InChI=1S/C20H25F3N4O3S/c1-14-24-18(13-30-2)17(12-15-5-4-6-16(11-15)20(21,22)23)19(25-14)26-7-9-27(10-8-26)31(3,28)29/h4-6,11H,7-10,12-13H2,1-3H3. The molecule has 0 N–H and O–H groups in total. The summed E-state index contributed by atoms with van der Waals surface area (Å²) in [6.45, 7) is 3.39. The molecule has 0 radical (unpaired) electrons. The van der Waals surface area contributed by atoms with Gasteiger partial charge in [-0.05, 0) is 18.6 Å². The van der Waals surface area contributed by atoms with Gasteiger partial charge in [0.05, 0.1) is 24.1 Å². The number of rotatable bonds is 6. The van der Waals surface area contributed by atoms with Crippen LogP contribution in [0.1, 0.15) is 28.2 Å². The molecular weight excluding hydrogens is 433 g/mol. The molecule has 1 aromatic carbocycles. The van der Waals surface area contributed by atoms with Crippen molar-refractivity contribution in [3.05, 3.63) is 52.5 Å². The Morgan fingerprint density at radius 2 is 1.81 bits per heavy atom. The maximum absolute atomic E-state index is 13.2. The van der Waals surface area contributed by atoms with Crippen molar-refractivity contribution < 1.29 is 26.3 Å². The van der Waals surface area contributed by atoms with E-state index in [0.717, 1.165) is 12.1 Å². The number of ether oxygens (including phenoxy) is 1. The van der Waals surface area contributed by atoms with Gasteiger partial charge < -0.3 is 9.64 Å². The van der Waals surface area contributed by atoms with Gasteiger partial charge >= 0.3 is 6.18 Å². The molecule has 0 saturated carbocycles. The molecule has 0 spiro atoms. The Bertz CT molecular complexity index is 1040. The molecule has 0 atom stereocenters. The molecule has 7 nitrogen and oxygen atoms in total. The van der Waals surface area contributed by atoms with Crippen LogP contribution in [0, 0.1) is 6.92 Å². The number of hydrogen-bond donors (Lipinski definition) is 0. The predicted octanol–water partition coefficient (Wildman–Crippen LogP) is 2.62. The highest BCUT2D eigenvalue weighted by molar-refractivity contribution is 7.88. The maximum atomic E-state index is 13.2. The fourth-order valence-electron chi connectivity index (χ4n) is 3.63. The number of sulfonamides is 1. The van der Waals surface area contributed by atoms with Gasteiger partial charge in [-0.3, -0.25) is 0 Å². The van der Waals surface area contributed by atoms with E-state index in [1.54, 1.807) is 13.0 Å². The number of aromatic nitrogens is 2. The van der Waals surface area contributed by atoms with Crippen molar-refractivity contribution in [2.45, 2.75) is 26.1 Å². The second-order valence-electron chi connectivity index (χ2n) is 7.48. The molecule has 0 amide bonds. The lowest BCUT2D eigenvalue weighted by Gasteiger charge is -2.35. The summed E-state index contributed by atoms with van der Waals surface area (Å²) >= 11 is 0. The first-order chi connectivity index (χ1) is 14.5. The van der Waals surface area contributed by atoms with Crippen LogP contribution in [0.3, 0.4) is 0 Å². The first-order valence-electron chi connectivity index (χ1n) is 9.70. The first kappa shape index (κ1) is 23.4. The van der Waals surface area contributed by atoms with Crippen LogP contribution >= 0.6 is 0 Å². The SMILES string of the molecule is COCc1nc(C)nc(N2CCN(S(C)(=O)=O)CC2)c1Cc1cccc(C(F)(F)F)c1. The lowest BCUT2D eigenvalue weighted by atomic mass is 10.0. The summed E-state index contributed by atoms with van der Waals surface area (Å²) in [5.41, 5.74) is 1.05. The highest BCUT2D eigenvalue weighted by Crippen LogP contribution is 2.31. The lowest BCUT2D eigenvalue weighted by molar-refractivity contribution is -0.137. The summed E-state index contributed by atoms with van der Waals surface area (Å²) < 4.78 is 69.8. The van der Waals surface area contributed by atoms with Crippen LogP contribution in [-0.2, 0) is 34.0 Å². The van der Waals surface area contributed by atoms with Gasteiger partial charge in [-0.25, -0.2) is 18.4 Å². The molecule has 1 aliphatic heterocycles. The van der Waals surface area contributed by atoms with Crippen molar-refractivity contribution in [1.82, 2.24) is 14.3 Å². The summed E-state index contributed by atoms with van der Waals surface area (Å²) in [6, 6.07) is 5.18. The van der Waals surface area contributed by atoms with Gasteiger partial charge in [0, 0.05) is 45.3 Å². The number of piperazine rings is 1. The summed E-state index contributed by atoms with van der Waals surface area (Å²) in [5, 5.41) is 0. The normalized spacial score (nSPS) is 16.0. The second kappa shape index (κ2) is 9.09. The number of nitrogens with zero attached hydrogens (tertiary/aromatic N) is 4. The Balaban J connectivity index is 1.97. The van der Waals surface area contributed by atoms with Crippen molar-refractivity contribution in [2.75, 3.05) is 44.4 Å². The minimum absolute atomic E-state index is 0.188. The molecule has 0 aliphatic carbocycles. The van der Waals surface area contributed by atoms with Gasteiger partial charge in [-0.15, -0.1) is 0 Å². The van der Waals surface area contributed by atoms with Gasteiger partial charge in [0.15, 0.2) is 0 Å². The van der Waals surface area contributed by atoms with Crippen LogP contribution in [0.4, 0.5) is 19.0 Å². The van der Waals surface area contributed by atoms with Gasteiger partial charge in [-0.2, -0.15) is 17.5 Å². The Hall–Kier alpha value is -2.24. The van der Waals surface area contributed by atoms with Crippen LogP contribution in [0.15, 0.2) is 24.3 Å². The molecule has 0 unspecified atom stereocenters. The minimum Gasteiger partial charge on any atom is -0.378 e. The molecule has 2 aromatic rings. The molecule has 2 heterocycles. The molecule has 1 saturated heterocycles. The van der Waals surface area contributed by atoms with Gasteiger partial charge in [-0.1, -0.05) is 18.2 Å². The number of hydrogen-bond acceptors (Lipinski definition) is 6. The molecule has 3 rings (SSSR count). The van der Waals surface area contributed by atoms with Crippen LogP contribution in [-0.4, -0.2) is 62.2 Å². The van der Waals surface area contributed by atoms with E-state index in [1.165, 1.54) is 23.7 Å². The van der Waals surface area contributed by atoms with E-state index in [4.69, 9.17) is 4.74 Å². The van der Waals surface area contributed by atoms with E-state index in [0.29, 0.717) is 54.6 Å². The van der Waals surface area contributed by atoms with Crippen molar-refractivity contribution >= 4 is 15.8 Å². The monoisotopic (exact) mass is 458 g/mol. The molecule has 11 heteroatoms. The quantitative estimate of drug-likeness (QED) is 0.663. The number of alkyl halides is 3. The van der Waals surface area contributed by atoms with Gasteiger partial charge in [0.1, 0.15) is 11.6 Å². The van der Waals surface area contributed by atoms with Gasteiger partial charge in [0.25, 0.3) is 0 Å². The smallest absolute Gasteiger partial charge is 0.378 e. The average Bonchev–Trinajstić information content (AvgIpc) is 2.69. The van der Waals surface area contributed by atoms with E-state index in [9.17, 15) is 21.6 Å². The van der Waals surface area contributed by atoms with Crippen LogP contribution < -0.4 is 4.90 Å². The number of benzene rings is 1. The van der Waals surface area contributed by atoms with Crippen molar-refractivity contribution in [2.24, 2.45) is 0 Å². The third kappa shape index (κ3) is 5.72. The third-order valence-corrected chi connectivity index (χ3v) is 6.41. The number of aryl methyl sites for hydroxylation is 1. The predicted molar refractivity (Wildman–Crippen MR) is 110 cm³/mol. The van der Waals surface area contributed by atoms with E-state index >= 15 is 0 Å². The maximum Gasteiger partial charge on any atom is 0.416 e.